The Morgan fingerprint density at radius 2 is 1.87 bits per heavy atom. The Morgan fingerprint density at radius 1 is 1.13 bits per heavy atom. The third kappa shape index (κ3) is 3.06. The minimum absolute atomic E-state index is 0.873. The molecule has 80 valence electrons. The average Bonchev–Trinajstić information content (AvgIpc) is 2.31. The molecule has 1 aromatic heterocycles. The van der Waals surface area contributed by atoms with Gasteiger partial charge in [-0.05, 0) is 36.1 Å². The molecular weight excluding hydrogens is 301 g/mol. The summed E-state index contributed by atoms with van der Waals surface area (Å²) in [5, 5.41) is 1.12. The van der Waals surface area contributed by atoms with E-state index < -0.39 is 0 Å². The maximum absolute atomic E-state index is 5.12. The number of fused-ring (bicyclic) bond motifs is 1. The summed E-state index contributed by atoms with van der Waals surface area (Å²) in [6, 6.07) is 9.94. The van der Waals surface area contributed by atoms with Crippen molar-refractivity contribution in [2.45, 2.75) is 6.92 Å². The summed E-state index contributed by atoms with van der Waals surface area (Å²) >= 11 is 2.15. The molecule has 0 atom stereocenters. The summed E-state index contributed by atoms with van der Waals surface area (Å²) < 4.78 is 5.12. The fourth-order valence-electron chi connectivity index (χ4n) is 1.33. The van der Waals surface area contributed by atoms with Gasteiger partial charge >= 0.3 is 0 Å². The zero-order valence-corrected chi connectivity index (χ0v) is 11.3. The number of nitrogens with zero attached hydrogens (tertiary/aromatic N) is 1. The average molecular weight is 315 g/mol. The summed E-state index contributed by atoms with van der Waals surface area (Å²) in [6.45, 7) is 1.99. The summed E-state index contributed by atoms with van der Waals surface area (Å²) in [4.78, 5) is 6.37. The monoisotopic (exact) mass is 315 g/mol. The van der Waals surface area contributed by atoms with Crippen LogP contribution in [-0.4, -0.2) is 17.0 Å². The molecule has 0 N–H and O–H groups in total. The van der Waals surface area contributed by atoms with E-state index in [1.165, 1.54) is 0 Å². The predicted molar refractivity (Wildman–Crippen MR) is 73.0 cm³/mol. The fourth-order valence-corrected chi connectivity index (χ4v) is 1.33. The first-order chi connectivity index (χ1) is 7.29. The van der Waals surface area contributed by atoms with Crippen molar-refractivity contribution in [3.63, 3.8) is 0 Å². The van der Waals surface area contributed by atoms with E-state index in [2.05, 4.69) is 33.6 Å². The molecule has 0 amide bonds. The molecule has 0 saturated carbocycles. The third-order valence-corrected chi connectivity index (χ3v) is 2.04. The lowest BCUT2D eigenvalue weighted by atomic mass is 10.2. The van der Waals surface area contributed by atoms with E-state index in [0.717, 1.165) is 22.3 Å². The number of halogens is 1. The Kier molecular flexibility index (Phi) is 4.81. The van der Waals surface area contributed by atoms with Gasteiger partial charge in [-0.1, -0.05) is 28.7 Å². The minimum atomic E-state index is 0.873. The number of aromatic nitrogens is 1. The highest BCUT2D eigenvalue weighted by atomic mass is 127. The first kappa shape index (κ1) is 12.2. The minimum Gasteiger partial charge on any atom is -0.497 e. The molecule has 0 unspecified atom stereocenters. The number of benzene rings is 1. The second kappa shape index (κ2) is 5.90. The van der Waals surface area contributed by atoms with Gasteiger partial charge in [0.25, 0.3) is 0 Å². The van der Waals surface area contributed by atoms with E-state index in [1.807, 2.05) is 36.1 Å². The van der Waals surface area contributed by atoms with Crippen molar-refractivity contribution >= 4 is 33.5 Å². The molecule has 0 radical (unpaired) electrons. The van der Waals surface area contributed by atoms with Crippen molar-refractivity contribution in [2.24, 2.45) is 0 Å². The molecule has 0 aliphatic heterocycles. The number of rotatable bonds is 1. The van der Waals surface area contributed by atoms with Gasteiger partial charge in [-0.25, -0.2) is 0 Å². The zero-order chi connectivity index (χ0) is 11.3. The molecular formula is C12H14INO. The zero-order valence-electron chi connectivity index (χ0n) is 9.12. The van der Waals surface area contributed by atoms with Gasteiger partial charge in [0, 0.05) is 11.1 Å². The van der Waals surface area contributed by atoms with Gasteiger partial charge in [-0.15, -0.1) is 0 Å². The molecule has 0 fully saturated rings. The Bertz CT molecular complexity index is 443. The van der Waals surface area contributed by atoms with Crippen LogP contribution in [0.1, 0.15) is 5.69 Å². The van der Waals surface area contributed by atoms with E-state index in [9.17, 15) is 0 Å². The molecule has 3 heteroatoms. The largest absolute Gasteiger partial charge is 0.497 e. The summed E-state index contributed by atoms with van der Waals surface area (Å²) in [5.41, 5.74) is 2.05. The van der Waals surface area contributed by atoms with Crippen LogP contribution in [0.5, 0.6) is 5.75 Å². The summed E-state index contributed by atoms with van der Waals surface area (Å²) in [6.07, 6.45) is 0. The Hall–Kier alpha value is -0.840. The number of ether oxygens (including phenoxy) is 1. The summed E-state index contributed by atoms with van der Waals surface area (Å²) in [5.74, 6) is 0.873. The van der Waals surface area contributed by atoms with E-state index in [4.69, 9.17) is 4.74 Å². The van der Waals surface area contributed by atoms with Crippen LogP contribution in [0.3, 0.4) is 0 Å². The van der Waals surface area contributed by atoms with Gasteiger partial charge in [0.15, 0.2) is 0 Å². The maximum atomic E-state index is 5.12. The fraction of sp³-hybridized carbons (Fsp3) is 0.250. The molecule has 2 nitrogen and oxygen atoms in total. The van der Waals surface area contributed by atoms with Crippen LogP contribution in [0.2, 0.25) is 0 Å². The molecule has 0 bridgehead atoms. The van der Waals surface area contributed by atoms with Gasteiger partial charge in [-0.3, -0.25) is 4.98 Å². The van der Waals surface area contributed by atoms with Crippen molar-refractivity contribution in [1.82, 2.24) is 4.98 Å². The molecule has 0 spiro atoms. The highest BCUT2D eigenvalue weighted by molar-refractivity contribution is 14.1. The van der Waals surface area contributed by atoms with Gasteiger partial charge in [0.05, 0.1) is 12.6 Å². The molecule has 1 heterocycles. The van der Waals surface area contributed by atoms with Crippen molar-refractivity contribution < 1.29 is 4.74 Å². The van der Waals surface area contributed by atoms with E-state index in [-0.39, 0.29) is 0 Å². The first-order valence-electron chi connectivity index (χ1n) is 4.59. The van der Waals surface area contributed by atoms with Crippen LogP contribution in [0.4, 0.5) is 0 Å². The Morgan fingerprint density at radius 3 is 2.53 bits per heavy atom. The van der Waals surface area contributed by atoms with Crippen LogP contribution in [-0.2, 0) is 0 Å². The van der Waals surface area contributed by atoms with E-state index in [1.54, 1.807) is 7.11 Å². The van der Waals surface area contributed by atoms with E-state index >= 15 is 0 Å². The normalized spacial score (nSPS) is 9.33. The number of hydrogen-bond donors (Lipinski definition) is 0. The highest BCUT2D eigenvalue weighted by Gasteiger charge is 1.96. The number of pyridine rings is 1. The molecule has 1 aromatic carbocycles. The van der Waals surface area contributed by atoms with Gasteiger partial charge in [0.1, 0.15) is 5.75 Å². The molecule has 0 saturated heterocycles. The quantitative estimate of drug-likeness (QED) is 0.592. The molecule has 2 rings (SSSR count). The van der Waals surface area contributed by atoms with Gasteiger partial charge in [-0.2, -0.15) is 0 Å². The van der Waals surface area contributed by atoms with Crippen molar-refractivity contribution in [2.75, 3.05) is 12.0 Å². The van der Waals surface area contributed by atoms with Gasteiger partial charge in [0.2, 0.25) is 0 Å². The lowest BCUT2D eigenvalue weighted by Gasteiger charge is -2.02. The number of aryl methyl sites for hydroxylation is 1. The SMILES string of the molecule is CI.COc1ccc2nc(C)ccc2c1. The van der Waals surface area contributed by atoms with Crippen LogP contribution >= 0.6 is 22.6 Å². The maximum Gasteiger partial charge on any atom is 0.119 e. The second-order valence-electron chi connectivity index (χ2n) is 3.01. The smallest absolute Gasteiger partial charge is 0.119 e. The lowest BCUT2D eigenvalue weighted by Crippen LogP contribution is -1.85. The molecule has 15 heavy (non-hydrogen) atoms. The van der Waals surface area contributed by atoms with Crippen LogP contribution in [0, 0.1) is 6.92 Å². The first-order valence-corrected chi connectivity index (χ1v) is 6.74. The van der Waals surface area contributed by atoms with Crippen LogP contribution in [0.15, 0.2) is 30.3 Å². The summed E-state index contributed by atoms with van der Waals surface area (Å²) in [7, 11) is 1.67. The topological polar surface area (TPSA) is 22.1 Å². The van der Waals surface area contributed by atoms with E-state index in [0.29, 0.717) is 0 Å². The van der Waals surface area contributed by atoms with Crippen LogP contribution < -0.4 is 4.74 Å². The van der Waals surface area contributed by atoms with Gasteiger partial charge < -0.3 is 4.74 Å². The van der Waals surface area contributed by atoms with Crippen LogP contribution in [0.25, 0.3) is 10.9 Å². The second-order valence-corrected chi connectivity index (χ2v) is 3.01. The predicted octanol–water partition coefficient (Wildman–Crippen LogP) is 3.60. The molecule has 2 aromatic rings. The Balaban J connectivity index is 0.000000531. The molecule has 0 aliphatic carbocycles. The van der Waals surface area contributed by atoms with Crippen molar-refractivity contribution in [1.29, 1.82) is 0 Å². The number of methoxy groups -OCH3 is 1. The Labute approximate surface area is 104 Å². The number of alkyl halides is 1. The molecule has 0 aliphatic rings. The standard InChI is InChI=1S/C11H11NO.CH3I/c1-8-3-4-9-7-10(13-2)5-6-11(9)12-8;1-2/h3-7H,1-2H3;1H3. The number of hydrogen-bond acceptors (Lipinski definition) is 2. The van der Waals surface area contributed by atoms with Crippen molar-refractivity contribution in [3.8, 4) is 5.75 Å². The van der Waals surface area contributed by atoms with Crippen molar-refractivity contribution in [3.05, 3.63) is 36.0 Å². The lowest BCUT2D eigenvalue weighted by molar-refractivity contribution is 0.415. The third-order valence-electron chi connectivity index (χ3n) is 2.04. The highest BCUT2D eigenvalue weighted by Crippen LogP contribution is 2.19.